The summed E-state index contributed by atoms with van der Waals surface area (Å²) in [6.45, 7) is 8.33. The number of hydrogen-bond donors (Lipinski definition) is 0. The van der Waals surface area contributed by atoms with Gasteiger partial charge in [0.05, 0.1) is 5.41 Å². The van der Waals surface area contributed by atoms with Crippen LogP contribution in [-0.2, 0) is 16.2 Å². The molecule has 0 N–H and O–H groups in total. The molecule has 1 aromatic rings. The monoisotopic (exact) mass is 331 g/mol. The molecule has 0 radical (unpaired) electrons. The van der Waals surface area contributed by atoms with Crippen LogP contribution in [0.4, 0.5) is 0 Å². The lowest BCUT2D eigenvalue weighted by atomic mass is 9.97. The molecule has 0 atom stereocenters. The molecule has 5 nitrogen and oxygen atoms in total. The van der Waals surface area contributed by atoms with E-state index in [0.717, 1.165) is 38.5 Å². The van der Waals surface area contributed by atoms with Gasteiger partial charge in [-0.25, -0.2) is 4.79 Å². The third-order valence-corrected chi connectivity index (χ3v) is 4.85. The first kappa shape index (κ1) is 17.4. The van der Waals surface area contributed by atoms with Gasteiger partial charge in [0.15, 0.2) is 0 Å². The summed E-state index contributed by atoms with van der Waals surface area (Å²) < 4.78 is 0. The standard InChI is InChI=1S/C19H29N3O2/c1-19(2,3)18(23)24-21-12-8-17(9-13-21)22(16-4-5-16)14-15-6-10-20-11-7-15/h6-7,10-11,16-17H,4-5,8-9,12-14H2,1-3H3. The number of aromatic nitrogens is 1. The maximum absolute atomic E-state index is 12.0. The second-order valence-electron chi connectivity index (χ2n) is 8.05. The molecule has 2 fully saturated rings. The fourth-order valence-electron chi connectivity index (χ4n) is 3.18. The van der Waals surface area contributed by atoms with Crippen LogP contribution in [0.15, 0.2) is 24.5 Å². The zero-order chi connectivity index (χ0) is 17.2. The Hall–Kier alpha value is -1.46. The van der Waals surface area contributed by atoms with Crippen molar-refractivity contribution in [2.45, 2.75) is 65.1 Å². The molecule has 132 valence electrons. The number of hydroxylamine groups is 2. The number of nitrogens with zero attached hydrogens (tertiary/aromatic N) is 3. The maximum Gasteiger partial charge on any atom is 0.330 e. The van der Waals surface area contributed by atoms with Crippen LogP contribution < -0.4 is 0 Å². The Balaban J connectivity index is 1.53. The molecule has 24 heavy (non-hydrogen) atoms. The number of hydrogen-bond acceptors (Lipinski definition) is 5. The van der Waals surface area contributed by atoms with Crippen molar-refractivity contribution in [1.82, 2.24) is 14.9 Å². The number of pyridine rings is 1. The summed E-state index contributed by atoms with van der Waals surface area (Å²) >= 11 is 0. The molecule has 3 rings (SSSR count). The SMILES string of the molecule is CC(C)(C)C(=O)ON1CCC(N(Cc2ccncc2)C2CC2)CC1. The molecule has 0 spiro atoms. The molecule has 1 aromatic heterocycles. The number of rotatable bonds is 5. The third kappa shape index (κ3) is 4.54. The lowest BCUT2D eigenvalue weighted by Crippen LogP contribution is -2.46. The Kier molecular flexibility index (Phi) is 5.21. The molecular weight excluding hydrogens is 302 g/mol. The summed E-state index contributed by atoms with van der Waals surface area (Å²) in [7, 11) is 0. The van der Waals surface area contributed by atoms with Crippen LogP contribution >= 0.6 is 0 Å². The highest BCUT2D eigenvalue weighted by Gasteiger charge is 2.36. The van der Waals surface area contributed by atoms with Gasteiger partial charge in [-0.1, -0.05) is 0 Å². The Morgan fingerprint density at radius 3 is 2.29 bits per heavy atom. The molecule has 0 amide bonds. The van der Waals surface area contributed by atoms with E-state index in [2.05, 4.69) is 22.0 Å². The van der Waals surface area contributed by atoms with Crippen molar-refractivity contribution >= 4 is 5.97 Å². The summed E-state index contributed by atoms with van der Waals surface area (Å²) in [6, 6.07) is 5.52. The van der Waals surface area contributed by atoms with Crippen LogP contribution in [0.3, 0.4) is 0 Å². The van der Waals surface area contributed by atoms with Crippen molar-refractivity contribution in [3.8, 4) is 0 Å². The van der Waals surface area contributed by atoms with Gasteiger partial charge in [-0.2, -0.15) is 0 Å². The normalized spacial score (nSPS) is 20.3. The van der Waals surface area contributed by atoms with Gasteiger partial charge in [-0.05, 0) is 64.2 Å². The molecular formula is C19H29N3O2. The number of carbonyl (C=O) groups excluding carboxylic acids is 1. The first-order valence-corrected chi connectivity index (χ1v) is 9.05. The Morgan fingerprint density at radius 2 is 1.75 bits per heavy atom. The van der Waals surface area contributed by atoms with E-state index < -0.39 is 5.41 Å². The Morgan fingerprint density at radius 1 is 1.17 bits per heavy atom. The third-order valence-electron chi connectivity index (χ3n) is 4.85. The van der Waals surface area contributed by atoms with E-state index in [1.807, 2.05) is 38.2 Å². The van der Waals surface area contributed by atoms with E-state index in [1.165, 1.54) is 18.4 Å². The predicted octanol–water partition coefficient (Wildman–Crippen LogP) is 3.01. The van der Waals surface area contributed by atoms with E-state index >= 15 is 0 Å². The highest BCUT2D eigenvalue weighted by molar-refractivity contribution is 5.75. The van der Waals surface area contributed by atoms with Crippen LogP contribution in [0.25, 0.3) is 0 Å². The van der Waals surface area contributed by atoms with Crippen molar-refractivity contribution in [1.29, 1.82) is 0 Å². The second-order valence-corrected chi connectivity index (χ2v) is 8.05. The highest BCUT2D eigenvalue weighted by Crippen LogP contribution is 2.33. The lowest BCUT2D eigenvalue weighted by Gasteiger charge is -2.38. The summed E-state index contributed by atoms with van der Waals surface area (Å²) in [5.41, 5.74) is 0.886. The minimum Gasteiger partial charge on any atom is -0.367 e. The van der Waals surface area contributed by atoms with Gasteiger partial charge >= 0.3 is 5.97 Å². The van der Waals surface area contributed by atoms with Crippen molar-refractivity contribution in [2.24, 2.45) is 5.41 Å². The number of piperidine rings is 1. The summed E-state index contributed by atoms with van der Waals surface area (Å²) in [4.78, 5) is 24.3. The van der Waals surface area contributed by atoms with Crippen molar-refractivity contribution in [2.75, 3.05) is 13.1 Å². The van der Waals surface area contributed by atoms with Crippen molar-refractivity contribution < 1.29 is 9.63 Å². The minimum absolute atomic E-state index is 0.142. The first-order valence-electron chi connectivity index (χ1n) is 9.05. The van der Waals surface area contributed by atoms with Gasteiger partial charge in [0.2, 0.25) is 0 Å². The van der Waals surface area contributed by atoms with Gasteiger partial charge in [0, 0.05) is 44.1 Å². The smallest absolute Gasteiger partial charge is 0.330 e. The van der Waals surface area contributed by atoms with E-state index in [0.29, 0.717) is 6.04 Å². The highest BCUT2D eigenvalue weighted by atomic mass is 16.7. The molecule has 2 heterocycles. The molecule has 1 aliphatic heterocycles. The molecule has 5 heteroatoms. The number of carbonyl (C=O) groups is 1. The van der Waals surface area contributed by atoms with Crippen molar-refractivity contribution in [3.05, 3.63) is 30.1 Å². The van der Waals surface area contributed by atoms with Crippen LogP contribution in [0, 0.1) is 5.41 Å². The molecule has 0 bridgehead atoms. The molecule has 0 unspecified atom stereocenters. The van der Waals surface area contributed by atoms with E-state index in [-0.39, 0.29) is 5.97 Å². The topological polar surface area (TPSA) is 45.7 Å². The van der Waals surface area contributed by atoms with E-state index in [1.54, 1.807) is 0 Å². The van der Waals surface area contributed by atoms with Crippen molar-refractivity contribution in [3.63, 3.8) is 0 Å². The van der Waals surface area contributed by atoms with Crippen LogP contribution in [0.2, 0.25) is 0 Å². The first-order chi connectivity index (χ1) is 11.4. The lowest BCUT2D eigenvalue weighted by molar-refractivity contribution is -0.206. The zero-order valence-corrected chi connectivity index (χ0v) is 15.1. The van der Waals surface area contributed by atoms with Gasteiger partial charge in [-0.15, -0.1) is 5.06 Å². The largest absolute Gasteiger partial charge is 0.367 e. The summed E-state index contributed by atoms with van der Waals surface area (Å²) in [5.74, 6) is -0.142. The Labute approximate surface area is 144 Å². The average Bonchev–Trinajstić information content (AvgIpc) is 3.38. The van der Waals surface area contributed by atoms with Gasteiger partial charge in [0.25, 0.3) is 0 Å². The van der Waals surface area contributed by atoms with Crippen LogP contribution in [-0.4, -0.2) is 46.1 Å². The molecule has 0 aromatic carbocycles. The molecule has 2 aliphatic rings. The van der Waals surface area contributed by atoms with E-state index in [9.17, 15) is 4.79 Å². The van der Waals surface area contributed by atoms with Gasteiger partial charge in [-0.3, -0.25) is 9.88 Å². The molecule has 1 aliphatic carbocycles. The van der Waals surface area contributed by atoms with Crippen LogP contribution in [0.5, 0.6) is 0 Å². The second kappa shape index (κ2) is 7.19. The van der Waals surface area contributed by atoms with Gasteiger partial charge < -0.3 is 4.84 Å². The predicted molar refractivity (Wildman–Crippen MR) is 92.9 cm³/mol. The van der Waals surface area contributed by atoms with Gasteiger partial charge in [0.1, 0.15) is 0 Å². The molecule has 1 saturated carbocycles. The molecule has 1 saturated heterocycles. The Bertz CT molecular complexity index is 543. The summed E-state index contributed by atoms with van der Waals surface area (Å²) in [5, 5.41) is 1.85. The summed E-state index contributed by atoms with van der Waals surface area (Å²) in [6.07, 6.45) is 8.47. The quantitative estimate of drug-likeness (QED) is 0.830. The average molecular weight is 331 g/mol. The fourth-order valence-corrected chi connectivity index (χ4v) is 3.18. The minimum atomic E-state index is -0.446. The maximum atomic E-state index is 12.0. The fraction of sp³-hybridized carbons (Fsp3) is 0.684. The van der Waals surface area contributed by atoms with E-state index in [4.69, 9.17) is 4.84 Å². The van der Waals surface area contributed by atoms with Crippen LogP contribution in [0.1, 0.15) is 52.0 Å². The zero-order valence-electron chi connectivity index (χ0n) is 15.1.